The lowest BCUT2D eigenvalue weighted by atomic mass is 10.0. The number of hydrogen-bond acceptors (Lipinski definition) is 8. The molecule has 11 heteroatoms. The predicted molar refractivity (Wildman–Crippen MR) is 95.9 cm³/mol. The van der Waals surface area contributed by atoms with E-state index in [4.69, 9.17) is 4.94 Å². The average molecular weight is 376 g/mol. The number of hydroxylamine groups is 3. The number of hydrogen-bond donors (Lipinski definition) is 3. The molecule has 0 aliphatic carbocycles. The van der Waals surface area contributed by atoms with Crippen LogP contribution in [0, 0.1) is 10.1 Å². The summed E-state index contributed by atoms with van der Waals surface area (Å²) in [5.74, 6) is 0. The van der Waals surface area contributed by atoms with E-state index in [1.165, 1.54) is 12.1 Å². The summed E-state index contributed by atoms with van der Waals surface area (Å²) in [4.78, 5) is 46.6. The Labute approximate surface area is 153 Å². The zero-order chi connectivity index (χ0) is 19.0. The second kappa shape index (κ2) is 7.19. The smallest absolute Gasteiger partial charge is 0.314 e. The number of aromatic amines is 2. The first-order valence-corrected chi connectivity index (χ1v) is 8.84. The van der Waals surface area contributed by atoms with Crippen molar-refractivity contribution in [3.63, 3.8) is 0 Å². The molecule has 2 saturated heterocycles. The van der Waals surface area contributed by atoms with Crippen LogP contribution in [0.5, 0.6) is 0 Å². The molecule has 2 fully saturated rings. The summed E-state index contributed by atoms with van der Waals surface area (Å²) in [6.45, 7) is 3.73. The van der Waals surface area contributed by atoms with Gasteiger partial charge in [-0.2, -0.15) is 10.5 Å². The third-order valence-electron chi connectivity index (χ3n) is 5.08. The SMILES string of the molecule is O=c1[nH]c2cc([N+](=O)[O-])cc(CN3CCC(N4CCNO4)CC3)c2[nH]c1=O. The molecule has 0 atom stereocenters. The number of nitro groups is 1. The van der Waals surface area contributed by atoms with Crippen LogP contribution in [0.4, 0.5) is 5.69 Å². The van der Waals surface area contributed by atoms with E-state index in [9.17, 15) is 19.7 Å². The fourth-order valence-electron chi connectivity index (χ4n) is 3.70. The molecule has 2 aliphatic heterocycles. The summed E-state index contributed by atoms with van der Waals surface area (Å²) in [5, 5.41) is 13.2. The number of aromatic nitrogens is 2. The van der Waals surface area contributed by atoms with E-state index in [2.05, 4.69) is 20.3 Å². The summed E-state index contributed by atoms with van der Waals surface area (Å²) in [6.07, 6.45) is 1.84. The molecule has 11 nitrogen and oxygen atoms in total. The quantitative estimate of drug-likeness (QED) is 0.380. The van der Waals surface area contributed by atoms with E-state index < -0.39 is 16.0 Å². The second-order valence-corrected chi connectivity index (χ2v) is 6.83. The van der Waals surface area contributed by atoms with Crippen molar-refractivity contribution in [2.24, 2.45) is 0 Å². The van der Waals surface area contributed by atoms with Crippen molar-refractivity contribution in [2.45, 2.75) is 25.4 Å². The van der Waals surface area contributed by atoms with Crippen molar-refractivity contribution >= 4 is 16.7 Å². The molecule has 4 rings (SSSR count). The number of piperidine rings is 1. The Hall–Kier alpha value is -2.60. The maximum atomic E-state index is 11.7. The molecule has 144 valence electrons. The van der Waals surface area contributed by atoms with Crippen LogP contribution in [0.3, 0.4) is 0 Å². The number of likely N-dealkylation sites (tertiary alicyclic amines) is 1. The van der Waals surface area contributed by atoms with Crippen LogP contribution in [0.15, 0.2) is 21.7 Å². The van der Waals surface area contributed by atoms with Gasteiger partial charge in [-0.3, -0.25) is 24.6 Å². The molecule has 2 aromatic rings. The fourth-order valence-corrected chi connectivity index (χ4v) is 3.70. The third kappa shape index (κ3) is 3.62. The van der Waals surface area contributed by atoms with Crippen LogP contribution in [0.25, 0.3) is 11.0 Å². The van der Waals surface area contributed by atoms with Gasteiger partial charge in [-0.05, 0) is 18.4 Å². The van der Waals surface area contributed by atoms with Crippen LogP contribution < -0.4 is 16.6 Å². The summed E-state index contributed by atoms with van der Waals surface area (Å²) in [5.41, 5.74) is 2.45. The van der Waals surface area contributed by atoms with Crippen LogP contribution in [0.2, 0.25) is 0 Å². The van der Waals surface area contributed by atoms with Gasteiger partial charge in [0.1, 0.15) is 0 Å². The standard InChI is InChI=1S/C16H20N6O5/c23-15-16(24)19-14-10(7-12(22(25)26)8-13(14)18-15)9-20-4-1-11(2-5-20)21-6-3-17-27-21/h7-8,11,17H,1-6,9H2,(H,18,23)(H,19,24). The molecule has 0 unspecified atom stereocenters. The minimum atomic E-state index is -0.825. The van der Waals surface area contributed by atoms with Gasteiger partial charge < -0.3 is 9.97 Å². The van der Waals surface area contributed by atoms with Gasteiger partial charge in [-0.15, -0.1) is 0 Å². The number of nitrogens with one attached hydrogen (secondary N) is 3. The highest BCUT2D eigenvalue weighted by Gasteiger charge is 2.28. The fraction of sp³-hybridized carbons (Fsp3) is 0.500. The van der Waals surface area contributed by atoms with Crippen molar-refractivity contribution in [1.29, 1.82) is 0 Å². The van der Waals surface area contributed by atoms with E-state index in [0.717, 1.165) is 39.0 Å². The van der Waals surface area contributed by atoms with Crippen LogP contribution in [0.1, 0.15) is 18.4 Å². The van der Waals surface area contributed by atoms with Gasteiger partial charge in [0.25, 0.3) is 5.69 Å². The van der Waals surface area contributed by atoms with Gasteiger partial charge in [-0.1, -0.05) is 0 Å². The van der Waals surface area contributed by atoms with Crippen molar-refractivity contribution in [3.8, 4) is 0 Å². The van der Waals surface area contributed by atoms with Gasteiger partial charge in [-0.25, -0.2) is 4.94 Å². The molecule has 3 heterocycles. The zero-order valence-electron chi connectivity index (χ0n) is 14.6. The first-order valence-electron chi connectivity index (χ1n) is 8.84. The molecule has 0 bridgehead atoms. The lowest BCUT2D eigenvalue weighted by Gasteiger charge is -2.35. The monoisotopic (exact) mass is 376 g/mol. The van der Waals surface area contributed by atoms with Crippen molar-refractivity contribution < 1.29 is 9.86 Å². The first-order chi connectivity index (χ1) is 13.0. The summed E-state index contributed by atoms with van der Waals surface area (Å²) in [7, 11) is 0. The molecule has 1 aromatic carbocycles. The summed E-state index contributed by atoms with van der Waals surface area (Å²) >= 11 is 0. The highest BCUT2D eigenvalue weighted by molar-refractivity contribution is 5.80. The molecule has 27 heavy (non-hydrogen) atoms. The van der Waals surface area contributed by atoms with E-state index in [0.29, 0.717) is 23.7 Å². The molecular formula is C16H20N6O5. The normalized spacial score (nSPS) is 19.7. The Bertz CT molecular complexity index is 971. The number of benzene rings is 1. The molecule has 1 aromatic heterocycles. The van der Waals surface area contributed by atoms with Crippen LogP contribution in [-0.4, -0.2) is 57.1 Å². The molecule has 0 amide bonds. The zero-order valence-corrected chi connectivity index (χ0v) is 14.6. The Morgan fingerprint density at radius 3 is 2.56 bits per heavy atom. The minimum Gasteiger partial charge on any atom is -0.316 e. The molecule has 2 aliphatic rings. The predicted octanol–water partition coefficient (Wildman–Crippen LogP) is -0.159. The van der Waals surface area contributed by atoms with Gasteiger partial charge in [0.2, 0.25) is 0 Å². The van der Waals surface area contributed by atoms with Gasteiger partial charge in [0.05, 0.1) is 16.0 Å². The van der Waals surface area contributed by atoms with E-state index in [1.807, 2.05) is 5.06 Å². The van der Waals surface area contributed by atoms with Crippen molar-refractivity contribution in [1.82, 2.24) is 25.4 Å². The van der Waals surface area contributed by atoms with E-state index in [1.54, 1.807) is 0 Å². The third-order valence-corrected chi connectivity index (χ3v) is 5.08. The maximum absolute atomic E-state index is 11.7. The van der Waals surface area contributed by atoms with Gasteiger partial charge in [0, 0.05) is 50.9 Å². The van der Waals surface area contributed by atoms with Gasteiger partial charge in [0.15, 0.2) is 0 Å². The Morgan fingerprint density at radius 1 is 1.15 bits per heavy atom. The Kier molecular flexibility index (Phi) is 4.74. The minimum absolute atomic E-state index is 0.119. The molecule has 0 spiro atoms. The lowest BCUT2D eigenvalue weighted by Crippen LogP contribution is -2.43. The first kappa shape index (κ1) is 17.8. The average Bonchev–Trinajstić information content (AvgIpc) is 3.18. The molecule has 0 saturated carbocycles. The topological polar surface area (TPSA) is 137 Å². The lowest BCUT2D eigenvalue weighted by molar-refractivity contribution is -0.384. The number of non-ortho nitro benzene ring substituents is 1. The van der Waals surface area contributed by atoms with Crippen molar-refractivity contribution in [2.75, 3.05) is 26.2 Å². The highest BCUT2D eigenvalue weighted by Crippen LogP contribution is 2.25. The number of rotatable bonds is 4. The largest absolute Gasteiger partial charge is 0.316 e. The number of nitro benzene ring substituents is 1. The number of H-pyrrole nitrogens is 2. The molecule has 0 radical (unpaired) electrons. The van der Waals surface area contributed by atoms with E-state index >= 15 is 0 Å². The second-order valence-electron chi connectivity index (χ2n) is 6.83. The highest BCUT2D eigenvalue weighted by atomic mass is 16.8. The summed E-state index contributed by atoms with van der Waals surface area (Å²) in [6, 6.07) is 3.06. The maximum Gasteiger partial charge on any atom is 0.314 e. The number of fused-ring (bicyclic) bond motifs is 1. The molecular weight excluding hydrogens is 356 g/mol. The summed E-state index contributed by atoms with van der Waals surface area (Å²) < 4.78 is 0. The molecule has 3 N–H and O–H groups in total. The van der Waals surface area contributed by atoms with E-state index in [-0.39, 0.29) is 11.2 Å². The van der Waals surface area contributed by atoms with Crippen LogP contribution >= 0.6 is 0 Å². The van der Waals surface area contributed by atoms with Gasteiger partial charge >= 0.3 is 11.1 Å². The Balaban J connectivity index is 1.57. The number of nitrogens with zero attached hydrogens (tertiary/aromatic N) is 3. The van der Waals surface area contributed by atoms with Crippen LogP contribution in [-0.2, 0) is 11.5 Å². The van der Waals surface area contributed by atoms with Crippen molar-refractivity contribution in [3.05, 3.63) is 48.5 Å². The Morgan fingerprint density at radius 2 is 1.89 bits per heavy atom.